The predicted octanol–water partition coefficient (Wildman–Crippen LogP) is 6.12. The maximum absolute atomic E-state index is 14.2. The van der Waals surface area contributed by atoms with Crippen LogP contribution in [-0.2, 0) is 11.3 Å². The summed E-state index contributed by atoms with van der Waals surface area (Å²) in [5, 5.41) is 0.346. The topological polar surface area (TPSA) is 61.3 Å². The van der Waals surface area contributed by atoms with Gasteiger partial charge in [-0.3, -0.25) is 4.98 Å². The van der Waals surface area contributed by atoms with Crippen molar-refractivity contribution in [2.24, 2.45) is 0 Å². The molecule has 0 aliphatic heterocycles. The Kier molecular flexibility index (Phi) is 6.81. The van der Waals surface area contributed by atoms with Crippen molar-refractivity contribution in [3.63, 3.8) is 0 Å². The molecular formula is C25H22ClFN2O3. The lowest BCUT2D eigenvalue weighted by Gasteiger charge is -2.15. The van der Waals surface area contributed by atoms with Crippen molar-refractivity contribution in [1.82, 2.24) is 9.97 Å². The van der Waals surface area contributed by atoms with Gasteiger partial charge in [0.15, 0.2) is 5.69 Å². The molecule has 3 aromatic rings. The van der Waals surface area contributed by atoms with Crippen molar-refractivity contribution in [2.75, 3.05) is 6.61 Å². The third-order valence-corrected chi connectivity index (χ3v) is 5.49. The van der Waals surface area contributed by atoms with Gasteiger partial charge in [-0.2, -0.15) is 0 Å². The van der Waals surface area contributed by atoms with Crippen LogP contribution < -0.4 is 4.74 Å². The molecular weight excluding hydrogens is 431 g/mol. The number of esters is 1. The Morgan fingerprint density at radius 2 is 1.94 bits per heavy atom. The Hall–Kier alpha value is -3.25. The first-order valence-corrected chi connectivity index (χ1v) is 10.8. The summed E-state index contributed by atoms with van der Waals surface area (Å²) in [5.74, 6) is -0.233. The number of nitrogens with zero attached hydrogens (tertiary/aromatic N) is 2. The molecule has 0 atom stereocenters. The van der Waals surface area contributed by atoms with Crippen molar-refractivity contribution >= 4 is 28.7 Å². The molecule has 0 N–H and O–H groups in total. The number of allylic oxidation sites excluding steroid dienone is 2. The number of carbonyl (C=O) groups excluding carboxylic acids is 1. The molecule has 1 aliphatic carbocycles. The van der Waals surface area contributed by atoms with Gasteiger partial charge in [-0.25, -0.2) is 14.2 Å². The first-order valence-electron chi connectivity index (χ1n) is 10.4. The molecule has 164 valence electrons. The van der Waals surface area contributed by atoms with E-state index in [-0.39, 0.29) is 18.9 Å². The van der Waals surface area contributed by atoms with Crippen LogP contribution in [0.2, 0.25) is 5.02 Å². The van der Waals surface area contributed by atoms with Gasteiger partial charge in [0, 0.05) is 16.1 Å². The summed E-state index contributed by atoms with van der Waals surface area (Å²) in [7, 11) is 0. The first kappa shape index (κ1) is 22.0. The number of aromatic nitrogens is 2. The van der Waals surface area contributed by atoms with Gasteiger partial charge >= 0.3 is 5.97 Å². The van der Waals surface area contributed by atoms with Gasteiger partial charge in [-0.05, 0) is 55.5 Å². The third-order valence-electron chi connectivity index (χ3n) is 5.26. The smallest absolute Gasteiger partial charge is 0.358 e. The molecule has 0 bridgehead atoms. The Bertz CT molecular complexity index is 1180. The number of ether oxygens (including phenoxy) is 2. The fraction of sp³-hybridized carbons (Fsp3) is 0.240. The number of hydrogen-bond donors (Lipinski definition) is 0. The second kappa shape index (κ2) is 9.92. The Morgan fingerprint density at radius 3 is 2.75 bits per heavy atom. The summed E-state index contributed by atoms with van der Waals surface area (Å²) >= 11 is 5.84. The molecule has 4 rings (SSSR count). The molecule has 0 spiro atoms. The molecule has 2 aromatic carbocycles. The summed E-state index contributed by atoms with van der Waals surface area (Å²) in [6.45, 7) is 2.11. The van der Waals surface area contributed by atoms with Gasteiger partial charge in [0.1, 0.15) is 18.2 Å². The van der Waals surface area contributed by atoms with Crippen LogP contribution >= 0.6 is 11.6 Å². The van der Waals surface area contributed by atoms with Crippen LogP contribution in [0.3, 0.4) is 0 Å². The number of rotatable bonds is 7. The summed E-state index contributed by atoms with van der Waals surface area (Å²) in [4.78, 5) is 20.8. The van der Waals surface area contributed by atoms with E-state index < -0.39 is 11.8 Å². The molecule has 0 unspecified atom stereocenters. The quantitative estimate of drug-likeness (QED) is 0.404. The van der Waals surface area contributed by atoms with Gasteiger partial charge in [0.05, 0.1) is 24.7 Å². The summed E-state index contributed by atoms with van der Waals surface area (Å²) in [5.41, 5.74) is 4.31. The molecule has 0 saturated carbocycles. The first-order chi connectivity index (χ1) is 15.6. The lowest BCUT2D eigenvalue weighted by Crippen LogP contribution is -2.09. The number of para-hydroxylation sites is 1. The minimum absolute atomic E-state index is 0.0841. The van der Waals surface area contributed by atoms with E-state index in [0.717, 1.165) is 36.0 Å². The number of benzene rings is 2. The van der Waals surface area contributed by atoms with E-state index in [2.05, 4.69) is 9.97 Å². The highest BCUT2D eigenvalue weighted by atomic mass is 35.5. The molecule has 1 aliphatic rings. The standard InChI is InChI=1S/C25H22ClFN2O3/c1-2-31-25(30)23-14-28-13-22(29-23)19-8-5-7-18(19)20-6-3-4-9-24(20)32-15-16-10-11-17(26)12-21(16)27/h3-4,6,9-14H,2,5,7-8,15H2,1H3. The van der Waals surface area contributed by atoms with Crippen LogP contribution in [0.1, 0.15) is 53.5 Å². The highest BCUT2D eigenvalue weighted by molar-refractivity contribution is 6.30. The van der Waals surface area contributed by atoms with Crippen LogP contribution in [0.15, 0.2) is 54.9 Å². The molecule has 7 heteroatoms. The van der Waals surface area contributed by atoms with Gasteiger partial charge in [-0.1, -0.05) is 35.9 Å². The van der Waals surface area contributed by atoms with E-state index in [0.29, 0.717) is 22.0 Å². The second-order valence-electron chi connectivity index (χ2n) is 7.34. The SMILES string of the molecule is CCOC(=O)c1cncc(C2=C(c3ccccc3OCc3ccc(Cl)cc3F)CCC2)n1. The summed E-state index contributed by atoms with van der Waals surface area (Å²) in [6.07, 6.45) is 5.69. The van der Waals surface area contributed by atoms with Crippen molar-refractivity contribution in [3.8, 4) is 5.75 Å². The van der Waals surface area contributed by atoms with Crippen molar-refractivity contribution in [1.29, 1.82) is 0 Å². The van der Waals surface area contributed by atoms with Crippen LogP contribution in [0.5, 0.6) is 5.75 Å². The Labute approximate surface area is 190 Å². The van der Waals surface area contributed by atoms with E-state index in [9.17, 15) is 9.18 Å². The number of halogens is 2. The average molecular weight is 453 g/mol. The minimum atomic E-state index is -0.490. The van der Waals surface area contributed by atoms with E-state index in [1.807, 2.05) is 24.3 Å². The maximum Gasteiger partial charge on any atom is 0.358 e. The number of carbonyl (C=O) groups is 1. The highest BCUT2D eigenvalue weighted by Gasteiger charge is 2.22. The van der Waals surface area contributed by atoms with E-state index in [1.54, 1.807) is 25.3 Å². The van der Waals surface area contributed by atoms with Crippen molar-refractivity contribution in [2.45, 2.75) is 32.8 Å². The van der Waals surface area contributed by atoms with E-state index in [1.165, 1.54) is 12.3 Å². The van der Waals surface area contributed by atoms with Gasteiger partial charge < -0.3 is 9.47 Å². The zero-order valence-corrected chi connectivity index (χ0v) is 18.4. The van der Waals surface area contributed by atoms with Crippen molar-refractivity contribution < 1.29 is 18.7 Å². The molecule has 0 amide bonds. The Morgan fingerprint density at radius 1 is 1.12 bits per heavy atom. The fourth-order valence-corrected chi connectivity index (χ4v) is 3.93. The minimum Gasteiger partial charge on any atom is -0.488 e. The molecule has 32 heavy (non-hydrogen) atoms. The van der Waals surface area contributed by atoms with Gasteiger partial charge in [-0.15, -0.1) is 0 Å². The zero-order valence-electron chi connectivity index (χ0n) is 17.6. The highest BCUT2D eigenvalue weighted by Crippen LogP contribution is 2.42. The molecule has 1 heterocycles. The Balaban J connectivity index is 1.65. The molecule has 0 fully saturated rings. The summed E-state index contributed by atoms with van der Waals surface area (Å²) < 4.78 is 25.2. The molecule has 5 nitrogen and oxygen atoms in total. The van der Waals surface area contributed by atoms with E-state index in [4.69, 9.17) is 21.1 Å². The fourth-order valence-electron chi connectivity index (χ4n) is 3.77. The lowest BCUT2D eigenvalue weighted by molar-refractivity contribution is 0.0519. The second-order valence-corrected chi connectivity index (χ2v) is 7.78. The third kappa shape index (κ3) is 4.81. The van der Waals surface area contributed by atoms with Gasteiger partial charge in [0.25, 0.3) is 0 Å². The zero-order chi connectivity index (χ0) is 22.5. The number of hydrogen-bond acceptors (Lipinski definition) is 5. The predicted molar refractivity (Wildman–Crippen MR) is 121 cm³/mol. The largest absolute Gasteiger partial charge is 0.488 e. The normalized spacial score (nSPS) is 13.3. The van der Waals surface area contributed by atoms with Gasteiger partial charge in [0.2, 0.25) is 0 Å². The molecule has 1 aromatic heterocycles. The van der Waals surface area contributed by atoms with E-state index >= 15 is 0 Å². The van der Waals surface area contributed by atoms with Crippen LogP contribution in [0.4, 0.5) is 4.39 Å². The molecule has 0 saturated heterocycles. The van der Waals surface area contributed by atoms with Crippen LogP contribution in [-0.4, -0.2) is 22.5 Å². The van der Waals surface area contributed by atoms with Crippen LogP contribution in [0.25, 0.3) is 11.1 Å². The molecule has 0 radical (unpaired) electrons. The van der Waals surface area contributed by atoms with Crippen LogP contribution in [0, 0.1) is 5.82 Å². The maximum atomic E-state index is 14.2. The summed E-state index contributed by atoms with van der Waals surface area (Å²) in [6, 6.07) is 12.2. The lowest BCUT2D eigenvalue weighted by atomic mass is 9.99. The monoisotopic (exact) mass is 452 g/mol. The van der Waals surface area contributed by atoms with Crippen molar-refractivity contribution in [3.05, 3.63) is 88.2 Å². The average Bonchev–Trinajstić information content (AvgIpc) is 3.29.